The van der Waals surface area contributed by atoms with Gasteiger partial charge in [-0.25, -0.2) is 0 Å². The van der Waals surface area contributed by atoms with Crippen LogP contribution in [0.25, 0.3) is 43.4 Å². The molecule has 0 saturated carbocycles. The summed E-state index contributed by atoms with van der Waals surface area (Å²) in [5, 5.41) is 7.91. The fourth-order valence-corrected chi connectivity index (χ4v) is 3.67. The molecule has 5 aromatic rings. The summed E-state index contributed by atoms with van der Waals surface area (Å²) in [6.07, 6.45) is 0. The molecule has 104 valence electrons. The molecule has 1 heteroatoms. The minimum Gasteiger partial charge on any atom is -0.354 e. The van der Waals surface area contributed by atoms with Crippen LogP contribution in [0.15, 0.2) is 66.7 Å². The minimum atomic E-state index is 1.22. The third kappa shape index (κ3) is 1.43. The molecule has 1 heterocycles. The smallest absolute Gasteiger partial charge is 0.0551 e. The molecule has 1 aromatic heterocycles. The predicted octanol–water partition coefficient (Wildman–Crippen LogP) is 5.94. The molecule has 0 aliphatic carbocycles. The zero-order chi connectivity index (χ0) is 14.7. The summed E-state index contributed by atoms with van der Waals surface area (Å²) in [6, 6.07) is 24.1. The Morgan fingerprint density at radius 1 is 0.636 bits per heavy atom. The fourth-order valence-electron chi connectivity index (χ4n) is 3.67. The summed E-state index contributed by atoms with van der Waals surface area (Å²) in [5.74, 6) is 0. The normalized spacial score (nSPS) is 11.9. The molecule has 0 bridgehead atoms. The van der Waals surface area contributed by atoms with E-state index in [1.807, 2.05) is 0 Å². The highest BCUT2D eigenvalue weighted by molar-refractivity contribution is 6.31. The summed E-state index contributed by atoms with van der Waals surface area (Å²) in [5.41, 5.74) is 3.75. The van der Waals surface area contributed by atoms with Gasteiger partial charge in [-0.2, -0.15) is 0 Å². The molecule has 4 aromatic carbocycles. The van der Waals surface area contributed by atoms with Crippen molar-refractivity contribution >= 4 is 43.4 Å². The number of hydrogen-bond donors (Lipinski definition) is 1. The Bertz CT molecular complexity index is 1180. The maximum atomic E-state index is 3.65. The van der Waals surface area contributed by atoms with Gasteiger partial charge in [-0.05, 0) is 34.7 Å². The van der Waals surface area contributed by atoms with Crippen LogP contribution in [0.4, 0.5) is 0 Å². The quantitative estimate of drug-likeness (QED) is 0.338. The fraction of sp³-hybridized carbons (Fsp3) is 0.0476. The lowest BCUT2D eigenvalue weighted by Gasteiger charge is -2.06. The number of aromatic amines is 1. The average molecular weight is 281 g/mol. The van der Waals surface area contributed by atoms with Gasteiger partial charge in [0.1, 0.15) is 0 Å². The highest BCUT2D eigenvalue weighted by Crippen LogP contribution is 2.38. The van der Waals surface area contributed by atoms with E-state index in [-0.39, 0.29) is 0 Å². The summed E-state index contributed by atoms with van der Waals surface area (Å²) in [4.78, 5) is 3.65. The predicted molar refractivity (Wildman–Crippen MR) is 95.6 cm³/mol. The molecular weight excluding hydrogens is 266 g/mol. The Morgan fingerprint density at radius 3 is 2.05 bits per heavy atom. The first-order valence-electron chi connectivity index (χ1n) is 7.64. The Kier molecular flexibility index (Phi) is 2.21. The SMILES string of the molecule is Cc1ccc2c(c1)[nH]c1c3ccccc3c3ccccc3c21. The third-order valence-electron chi connectivity index (χ3n) is 4.64. The van der Waals surface area contributed by atoms with Gasteiger partial charge in [-0.15, -0.1) is 0 Å². The molecule has 0 fully saturated rings. The van der Waals surface area contributed by atoms with Gasteiger partial charge in [0.2, 0.25) is 0 Å². The molecule has 0 amide bonds. The molecular formula is C21H15N. The van der Waals surface area contributed by atoms with Crippen LogP contribution in [0.2, 0.25) is 0 Å². The summed E-state index contributed by atoms with van der Waals surface area (Å²) in [7, 11) is 0. The van der Waals surface area contributed by atoms with E-state index in [1.54, 1.807) is 0 Å². The van der Waals surface area contributed by atoms with Gasteiger partial charge < -0.3 is 4.98 Å². The van der Waals surface area contributed by atoms with Gasteiger partial charge in [0.25, 0.3) is 0 Å². The van der Waals surface area contributed by atoms with Gasteiger partial charge in [0.05, 0.1) is 5.52 Å². The van der Waals surface area contributed by atoms with E-state index in [2.05, 4.69) is 78.6 Å². The van der Waals surface area contributed by atoms with Crippen molar-refractivity contribution < 1.29 is 0 Å². The second-order valence-corrected chi connectivity index (χ2v) is 6.02. The Morgan fingerprint density at radius 2 is 1.27 bits per heavy atom. The zero-order valence-electron chi connectivity index (χ0n) is 12.4. The number of fused-ring (bicyclic) bond motifs is 8. The zero-order valence-corrected chi connectivity index (χ0v) is 12.4. The van der Waals surface area contributed by atoms with E-state index >= 15 is 0 Å². The molecule has 22 heavy (non-hydrogen) atoms. The van der Waals surface area contributed by atoms with E-state index < -0.39 is 0 Å². The van der Waals surface area contributed by atoms with Crippen LogP contribution in [-0.2, 0) is 0 Å². The van der Waals surface area contributed by atoms with Crippen molar-refractivity contribution in [3.63, 3.8) is 0 Å². The number of aromatic nitrogens is 1. The van der Waals surface area contributed by atoms with Crippen molar-refractivity contribution in [2.24, 2.45) is 0 Å². The van der Waals surface area contributed by atoms with Crippen LogP contribution in [0, 0.1) is 6.92 Å². The van der Waals surface area contributed by atoms with E-state index in [1.165, 1.54) is 48.9 Å². The second-order valence-electron chi connectivity index (χ2n) is 6.02. The topological polar surface area (TPSA) is 15.8 Å². The first-order chi connectivity index (χ1) is 10.8. The lowest BCUT2D eigenvalue weighted by Crippen LogP contribution is -1.80. The van der Waals surface area contributed by atoms with Gasteiger partial charge in [0, 0.05) is 21.7 Å². The van der Waals surface area contributed by atoms with Crippen molar-refractivity contribution in [1.29, 1.82) is 0 Å². The molecule has 5 rings (SSSR count). The number of rotatable bonds is 0. The first-order valence-corrected chi connectivity index (χ1v) is 7.64. The largest absolute Gasteiger partial charge is 0.354 e. The maximum absolute atomic E-state index is 3.65. The monoisotopic (exact) mass is 281 g/mol. The highest BCUT2D eigenvalue weighted by Gasteiger charge is 2.12. The summed E-state index contributed by atoms with van der Waals surface area (Å²) >= 11 is 0. The average Bonchev–Trinajstić information content (AvgIpc) is 2.94. The molecule has 0 aliphatic rings. The Balaban J connectivity index is 2.21. The highest BCUT2D eigenvalue weighted by atomic mass is 14.7. The minimum absolute atomic E-state index is 1.22. The van der Waals surface area contributed by atoms with E-state index in [0.717, 1.165) is 0 Å². The van der Waals surface area contributed by atoms with Crippen molar-refractivity contribution in [1.82, 2.24) is 4.98 Å². The molecule has 0 radical (unpaired) electrons. The van der Waals surface area contributed by atoms with Crippen LogP contribution in [-0.4, -0.2) is 4.98 Å². The van der Waals surface area contributed by atoms with Crippen molar-refractivity contribution in [2.75, 3.05) is 0 Å². The Labute approximate surface area is 128 Å². The lowest BCUT2D eigenvalue weighted by molar-refractivity contribution is 1.47. The molecule has 1 N–H and O–H groups in total. The summed E-state index contributed by atoms with van der Waals surface area (Å²) < 4.78 is 0. The van der Waals surface area contributed by atoms with Crippen LogP contribution in [0.5, 0.6) is 0 Å². The summed E-state index contributed by atoms with van der Waals surface area (Å²) in [6.45, 7) is 2.14. The van der Waals surface area contributed by atoms with Crippen molar-refractivity contribution in [2.45, 2.75) is 6.92 Å². The van der Waals surface area contributed by atoms with Crippen LogP contribution >= 0.6 is 0 Å². The standard InChI is InChI=1S/C21H15N/c1-13-10-11-18-19(12-13)22-21-17-9-5-3-7-15(17)14-6-2-4-8-16(14)20(18)21/h2-12,22H,1H3. The number of hydrogen-bond acceptors (Lipinski definition) is 0. The molecule has 0 aliphatic heterocycles. The third-order valence-corrected chi connectivity index (χ3v) is 4.64. The number of nitrogens with one attached hydrogen (secondary N) is 1. The van der Waals surface area contributed by atoms with E-state index in [0.29, 0.717) is 0 Å². The van der Waals surface area contributed by atoms with Gasteiger partial charge in [-0.1, -0.05) is 60.7 Å². The van der Waals surface area contributed by atoms with Crippen molar-refractivity contribution in [3.8, 4) is 0 Å². The number of aryl methyl sites for hydroxylation is 1. The molecule has 0 atom stereocenters. The first kappa shape index (κ1) is 11.8. The van der Waals surface area contributed by atoms with Gasteiger partial charge >= 0.3 is 0 Å². The molecule has 1 nitrogen and oxygen atoms in total. The second kappa shape index (κ2) is 4.11. The Hall–Kier alpha value is -2.80. The van der Waals surface area contributed by atoms with E-state index in [9.17, 15) is 0 Å². The van der Waals surface area contributed by atoms with Crippen LogP contribution in [0.3, 0.4) is 0 Å². The van der Waals surface area contributed by atoms with Crippen LogP contribution in [0.1, 0.15) is 5.56 Å². The lowest BCUT2D eigenvalue weighted by atomic mass is 9.97. The number of H-pyrrole nitrogens is 1. The molecule has 0 spiro atoms. The molecule has 0 unspecified atom stereocenters. The van der Waals surface area contributed by atoms with Crippen molar-refractivity contribution in [3.05, 3.63) is 72.3 Å². The van der Waals surface area contributed by atoms with Gasteiger partial charge in [-0.3, -0.25) is 0 Å². The van der Waals surface area contributed by atoms with Crippen LogP contribution < -0.4 is 0 Å². The maximum Gasteiger partial charge on any atom is 0.0551 e. The van der Waals surface area contributed by atoms with Gasteiger partial charge in [0.15, 0.2) is 0 Å². The molecule has 0 saturated heterocycles. The van der Waals surface area contributed by atoms with E-state index in [4.69, 9.17) is 0 Å². The number of benzene rings is 4.